The van der Waals surface area contributed by atoms with Crippen molar-refractivity contribution in [1.29, 1.82) is 0 Å². The van der Waals surface area contributed by atoms with Crippen LogP contribution in [0.5, 0.6) is 0 Å². The van der Waals surface area contributed by atoms with Gasteiger partial charge in [0.25, 0.3) is 0 Å². The number of alkyl halides is 3. The number of nitrogens with one attached hydrogen (secondary N) is 2. The van der Waals surface area contributed by atoms with Crippen LogP contribution in [0.3, 0.4) is 0 Å². The molecule has 6 heteroatoms. The minimum atomic E-state index is -4.33. The molecule has 162 valence electrons. The third-order valence-corrected chi connectivity index (χ3v) is 5.96. The van der Waals surface area contributed by atoms with Crippen LogP contribution in [-0.2, 0) is 17.5 Å². The Hall–Kier alpha value is -2.50. The summed E-state index contributed by atoms with van der Waals surface area (Å²) < 4.78 is 38.1. The first-order valence-electron chi connectivity index (χ1n) is 10.5. The lowest BCUT2D eigenvalue weighted by Crippen LogP contribution is -2.15. The minimum absolute atomic E-state index is 0.0352. The molecular formula is C24H29F3N2O. The van der Waals surface area contributed by atoms with Crippen molar-refractivity contribution in [2.24, 2.45) is 5.92 Å². The highest BCUT2D eigenvalue weighted by atomic mass is 19.4. The third kappa shape index (κ3) is 5.77. The van der Waals surface area contributed by atoms with Crippen LogP contribution in [0.1, 0.15) is 60.8 Å². The molecule has 0 spiro atoms. The summed E-state index contributed by atoms with van der Waals surface area (Å²) in [6.45, 7) is 4.30. The molecule has 1 fully saturated rings. The third-order valence-electron chi connectivity index (χ3n) is 5.96. The van der Waals surface area contributed by atoms with E-state index in [4.69, 9.17) is 0 Å². The molecule has 1 aliphatic carbocycles. The van der Waals surface area contributed by atoms with E-state index < -0.39 is 11.7 Å². The molecule has 3 nitrogen and oxygen atoms in total. The maximum absolute atomic E-state index is 12.7. The predicted molar refractivity (Wildman–Crippen MR) is 115 cm³/mol. The number of anilines is 2. The van der Waals surface area contributed by atoms with Crippen LogP contribution in [0.2, 0.25) is 0 Å². The number of carbonyl (C=O) groups excluding carboxylic acids is 1. The average Bonchev–Trinajstić information content (AvgIpc) is 3.22. The van der Waals surface area contributed by atoms with E-state index in [0.29, 0.717) is 18.9 Å². The number of halogens is 3. The lowest BCUT2D eigenvalue weighted by atomic mass is 10.0. The fourth-order valence-corrected chi connectivity index (χ4v) is 4.08. The molecular weight excluding hydrogens is 389 g/mol. The molecule has 1 saturated carbocycles. The summed E-state index contributed by atoms with van der Waals surface area (Å²) in [4.78, 5) is 12.5. The van der Waals surface area contributed by atoms with Crippen LogP contribution in [0.25, 0.3) is 0 Å². The first-order chi connectivity index (χ1) is 14.2. The van der Waals surface area contributed by atoms with Gasteiger partial charge in [-0.15, -0.1) is 0 Å². The largest absolute Gasteiger partial charge is 0.416 e. The second-order valence-electron chi connectivity index (χ2n) is 8.22. The van der Waals surface area contributed by atoms with Crippen LogP contribution in [0, 0.1) is 19.8 Å². The number of rotatable bonds is 7. The number of amides is 1. The Kier molecular flexibility index (Phi) is 7.06. The van der Waals surface area contributed by atoms with E-state index in [9.17, 15) is 18.0 Å². The predicted octanol–water partition coefficient (Wildman–Crippen LogP) is 6.84. The highest BCUT2D eigenvalue weighted by Gasteiger charge is 2.29. The van der Waals surface area contributed by atoms with E-state index in [1.807, 2.05) is 26.0 Å². The molecule has 2 N–H and O–H groups in total. The van der Waals surface area contributed by atoms with Crippen LogP contribution in [0.15, 0.2) is 36.4 Å². The molecule has 0 aromatic heterocycles. The van der Waals surface area contributed by atoms with E-state index in [1.165, 1.54) is 37.8 Å². The number of hydrogen-bond donors (Lipinski definition) is 2. The summed E-state index contributed by atoms with van der Waals surface area (Å²) in [7, 11) is 0. The molecule has 3 rings (SSSR count). The normalized spacial score (nSPS) is 14.7. The quantitative estimate of drug-likeness (QED) is 0.517. The van der Waals surface area contributed by atoms with Gasteiger partial charge in [-0.05, 0) is 61.1 Å². The van der Waals surface area contributed by atoms with Crippen molar-refractivity contribution in [2.45, 2.75) is 65.1 Å². The monoisotopic (exact) mass is 418 g/mol. The Bertz CT molecular complexity index is 869. The Morgan fingerprint density at radius 1 is 1.03 bits per heavy atom. The average molecular weight is 419 g/mol. The topological polar surface area (TPSA) is 41.1 Å². The van der Waals surface area contributed by atoms with E-state index in [2.05, 4.69) is 10.6 Å². The summed E-state index contributed by atoms with van der Waals surface area (Å²) in [5.74, 6) is 0.711. The standard InChI is InChI=1S/C24H29F3N2O/c1-16-7-13-21(28-15-19-8-11-20(12-9-19)24(25,26)27)17(2)23(16)29-22(30)14-10-18-5-3-4-6-18/h7-9,11-13,18,28H,3-6,10,14-15H2,1-2H3,(H,29,30). The van der Waals surface area contributed by atoms with Crippen LogP contribution in [0.4, 0.5) is 24.5 Å². The van der Waals surface area contributed by atoms with E-state index >= 15 is 0 Å². The molecule has 0 atom stereocenters. The summed E-state index contributed by atoms with van der Waals surface area (Å²) in [6.07, 6.45) is 2.16. The zero-order valence-electron chi connectivity index (χ0n) is 17.5. The van der Waals surface area contributed by atoms with E-state index in [1.54, 1.807) is 0 Å². The number of carbonyl (C=O) groups is 1. The van der Waals surface area contributed by atoms with Crippen LogP contribution in [-0.4, -0.2) is 5.91 Å². The Labute approximate surface area is 176 Å². The van der Waals surface area contributed by atoms with E-state index in [-0.39, 0.29) is 5.91 Å². The summed E-state index contributed by atoms with van der Waals surface area (Å²) in [5, 5.41) is 6.33. The van der Waals surface area contributed by atoms with Crippen molar-refractivity contribution >= 4 is 17.3 Å². The van der Waals surface area contributed by atoms with Crippen molar-refractivity contribution in [1.82, 2.24) is 0 Å². The molecule has 0 unspecified atom stereocenters. The van der Waals surface area contributed by atoms with Crippen molar-refractivity contribution in [3.05, 3.63) is 58.7 Å². The SMILES string of the molecule is Cc1ccc(NCc2ccc(C(F)(F)F)cc2)c(C)c1NC(=O)CCC1CCCC1. The van der Waals surface area contributed by atoms with Gasteiger partial charge in [0.1, 0.15) is 0 Å². The maximum Gasteiger partial charge on any atom is 0.416 e. The molecule has 1 aliphatic rings. The fraction of sp³-hybridized carbons (Fsp3) is 0.458. The summed E-state index contributed by atoms with van der Waals surface area (Å²) >= 11 is 0. The number of benzene rings is 2. The molecule has 0 radical (unpaired) electrons. The highest BCUT2D eigenvalue weighted by Crippen LogP contribution is 2.31. The summed E-state index contributed by atoms with van der Waals surface area (Å²) in [5.41, 5.74) is 3.68. The molecule has 0 saturated heterocycles. The van der Waals surface area contributed by atoms with Crippen molar-refractivity contribution < 1.29 is 18.0 Å². The van der Waals surface area contributed by atoms with Gasteiger partial charge in [0.05, 0.1) is 5.56 Å². The van der Waals surface area contributed by atoms with Gasteiger partial charge >= 0.3 is 6.18 Å². The van der Waals surface area contributed by atoms with Gasteiger partial charge in [-0.3, -0.25) is 4.79 Å². The van der Waals surface area contributed by atoms with Gasteiger partial charge < -0.3 is 10.6 Å². The lowest BCUT2D eigenvalue weighted by molar-refractivity contribution is -0.137. The first kappa shape index (κ1) is 22.2. The Morgan fingerprint density at radius 2 is 1.70 bits per heavy atom. The second kappa shape index (κ2) is 9.54. The van der Waals surface area contributed by atoms with Crippen LogP contribution < -0.4 is 10.6 Å². The Balaban J connectivity index is 1.61. The van der Waals surface area contributed by atoms with Crippen molar-refractivity contribution in [2.75, 3.05) is 10.6 Å². The molecule has 0 bridgehead atoms. The first-order valence-corrected chi connectivity index (χ1v) is 10.5. The lowest BCUT2D eigenvalue weighted by Gasteiger charge is -2.17. The van der Waals surface area contributed by atoms with Gasteiger partial charge in [0, 0.05) is 24.3 Å². The molecule has 2 aromatic rings. The maximum atomic E-state index is 12.7. The second-order valence-corrected chi connectivity index (χ2v) is 8.22. The molecule has 30 heavy (non-hydrogen) atoms. The fourth-order valence-electron chi connectivity index (χ4n) is 4.08. The van der Waals surface area contributed by atoms with Gasteiger partial charge in [-0.1, -0.05) is 43.9 Å². The van der Waals surface area contributed by atoms with Crippen LogP contribution >= 0.6 is 0 Å². The Morgan fingerprint density at radius 3 is 2.33 bits per heavy atom. The molecule has 0 heterocycles. The minimum Gasteiger partial charge on any atom is -0.381 e. The zero-order chi connectivity index (χ0) is 21.7. The van der Waals surface area contributed by atoms with Gasteiger partial charge in [-0.2, -0.15) is 13.2 Å². The molecule has 2 aromatic carbocycles. The smallest absolute Gasteiger partial charge is 0.381 e. The van der Waals surface area contributed by atoms with Crippen molar-refractivity contribution in [3.8, 4) is 0 Å². The summed E-state index contributed by atoms with van der Waals surface area (Å²) in [6, 6.07) is 9.01. The van der Waals surface area contributed by atoms with E-state index in [0.717, 1.165) is 46.6 Å². The van der Waals surface area contributed by atoms with Gasteiger partial charge in [0.15, 0.2) is 0 Å². The van der Waals surface area contributed by atoms with Gasteiger partial charge in [-0.25, -0.2) is 0 Å². The van der Waals surface area contributed by atoms with Crippen molar-refractivity contribution in [3.63, 3.8) is 0 Å². The molecule has 1 amide bonds. The van der Waals surface area contributed by atoms with Gasteiger partial charge in [0.2, 0.25) is 5.91 Å². The highest BCUT2D eigenvalue weighted by molar-refractivity contribution is 5.93. The zero-order valence-corrected chi connectivity index (χ0v) is 17.5. The number of aryl methyl sites for hydroxylation is 1. The molecule has 0 aliphatic heterocycles. The number of hydrogen-bond acceptors (Lipinski definition) is 2.